The molecule has 21 heavy (non-hydrogen) atoms. The molecule has 3 rings (SSSR count). The maximum Gasteiger partial charge on any atom is 0.222 e. The van der Waals surface area contributed by atoms with Crippen molar-refractivity contribution in [1.82, 2.24) is 10.2 Å². The fourth-order valence-corrected chi connectivity index (χ4v) is 3.50. The molecule has 2 aliphatic heterocycles. The average molecular weight is 317 g/mol. The average Bonchev–Trinajstić information content (AvgIpc) is 3.20. The third-order valence-electron chi connectivity index (χ3n) is 4.91. The first-order valence-electron chi connectivity index (χ1n) is 8.43. The molecule has 4 nitrogen and oxygen atoms in total. The van der Waals surface area contributed by atoms with Gasteiger partial charge in [0.05, 0.1) is 0 Å². The topological polar surface area (TPSA) is 41.6 Å². The number of rotatable bonds is 6. The van der Waals surface area contributed by atoms with Crippen molar-refractivity contribution in [2.75, 3.05) is 26.3 Å². The second-order valence-corrected chi connectivity index (χ2v) is 6.69. The number of carbonyl (C=O) groups is 1. The minimum absolute atomic E-state index is 0. The number of nitrogens with one attached hydrogen (secondary N) is 1. The Balaban J connectivity index is 0.00000161. The van der Waals surface area contributed by atoms with Crippen molar-refractivity contribution in [2.24, 2.45) is 5.92 Å². The summed E-state index contributed by atoms with van der Waals surface area (Å²) in [6.07, 6.45) is 9.05. The molecule has 1 N–H and O–H groups in total. The van der Waals surface area contributed by atoms with Crippen LogP contribution in [0.2, 0.25) is 0 Å². The largest absolute Gasteiger partial charge is 0.381 e. The van der Waals surface area contributed by atoms with Crippen LogP contribution in [0.25, 0.3) is 0 Å². The fraction of sp³-hybridized carbons (Fsp3) is 0.938. The lowest BCUT2D eigenvalue weighted by molar-refractivity contribution is -0.132. The van der Waals surface area contributed by atoms with E-state index in [1.165, 1.54) is 32.1 Å². The Morgan fingerprint density at radius 3 is 2.67 bits per heavy atom. The van der Waals surface area contributed by atoms with E-state index in [9.17, 15) is 4.79 Å². The van der Waals surface area contributed by atoms with Crippen molar-refractivity contribution in [2.45, 2.75) is 63.5 Å². The van der Waals surface area contributed by atoms with Crippen molar-refractivity contribution >= 4 is 18.3 Å². The first-order chi connectivity index (χ1) is 9.83. The maximum absolute atomic E-state index is 12.5. The molecule has 2 atom stereocenters. The lowest BCUT2D eigenvalue weighted by atomic mass is 9.96. The zero-order valence-electron chi connectivity index (χ0n) is 12.9. The van der Waals surface area contributed by atoms with Gasteiger partial charge in [-0.3, -0.25) is 4.79 Å². The van der Waals surface area contributed by atoms with Gasteiger partial charge in [0.15, 0.2) is 0 Å². The highest BCUT2D eigenvalue weighted by Crippen LogP contribution is 2.29. The Labute approximate surface area is 134 Å². The second-order valence-electron chi connectivity index (χ2n) is 6.69. The number of amides is 1. The summed E-state index contributed by atoms with van der Waals surface area (Å²) in [4.78, 5) is 14.7. The number of hydrogen-bond donors (Lipinski definition) is 1. The van der Waals surface area contributed by atoms with Gasteiger partial charge in [0, 0.05) is 38.3 Å². The summed E-state index contributed by atoms with van der Waals surface area (Å²) >= 11 is 0. The van der Waals surface area contributed by atoms with Crippen LogP contribution in [0.5, 0.6) is 0 Å². The summed E-state index contributed by atoms with van der Waals surface area (Å²) in [7, 11) is 0. The van der Waals surface area contributed by atoms with Crippen LogP contribution in [0.4, 0.5) is 0 Å². The summed E-state index contributed by atoms with van der Waals surface area (Å²) in [6, 6.07) is 1.09. The molecule has 0 aromatic rings. The van der Waals surface area contributed by atoms with Crippen molar-refractivity contribution in [1.29, 1.82) is 0 Å². The molecule has 0 aromatic heterocycles. The van der Waals surface area contributed by atoms with Crippen molar-refractivity contribution in [3.05, 3.63) is 0 Å². The minimum atomic E-state index is 0. The highest BCUT2D eigenvalue weighted by atomic mass is 35.5. The van der Waals surface area contributed by atoms with Gasteiger partial charge in [0.1, 0.15) is 0 Å². The Bertz CT molecular complexity index is 324. The van der Waals surface area contributed by atoms with Gasteiger partial charge in [-0.1, -0.05) is 0 Å². The van der Waals surface area contributed by atoms with Crippen LogP contribution in [0.1, 0.15) is 51.4 Å². The molecule has 2 saturated heterocycles. The highest BCUT2D eigenvalue weighted by Gasteiger charge is 2.34. The summed E-state index contributed by atoms with van der Waals surface area (Å²) in [5, 5.41) is 3.52. The van der Waals surface area contributed by atoms with Crippen molar-refractivity contribution in [3.8, 4) is 0 Å². The normalized spacial score (nSPS) is 29.0. The van der Waals surface area contributed by atoms with Gasteiger partial charge in [-0.15, -0.1) is 12.4 Å². The molecule has 3 fully saturated rings. The van der Waals surface area contributed by atoms with E-state index in [0.717, 1.165) is 45.6 Å². The Hall–Kier alpha value is -0.320. The van der Waals surface area contributed by atoms with E-state index in [0.29, 0.717) is 23.9 Å². The molecule has 2 unspecified atom stereocenters. The number of carbonyl (C=O) groups excluding carboxylic acids is 1. The van der Waals surface area contributed by atoms with Gasteiger partial charge in [-0.25, -0.2) is 0 Å². The van der Waals surface area contributed by atoms with E-state index < -0.39 is 0 Å². The second kappa shape index (κ2) is 8.35. The molecule has 3 aliphatic rings. The molecule has 0 aromatic carbocycles. The Kier molecular flexibility index (Phi) is 6.77. The smallest absolute Gasteiger partial charge is 0.222 e. The van der Waals surface area contributed by atoms with E-state index in [-0.39, 0.29) is 12.4 Å². The number of halogens is 1. The van der Waals surface area contributed by atoms with E-state index in [4.69, 9.17) is 4.74 Å². The first-order valence-corrected chi connectivity index (χ1v) is 8.43. The molecule has 5 heteroatoms. The molecule has 0 bridgehead atoms. The zero-order chi connectivity index (χ0) is 13.8. The zero-order valence-corrected chi connectivity index (χ0v) is 13.7. The molecular formula is C16H29ClN2O2. The van der Waals surface area contributed by atoms with Gasteiger partial charge in [-0.05, 0) is 57.4 Å². The summed E-state index contributed by atoms with van der Waals surface area (Å²) in [5.41, 5.74) is 0. The predicted molar refractivity (Wildman–Crippen MR) is 85.8 cm³/mol. The molecular weight excluding hydrogens is 288 g/mol. The van der Waals surface area contributed by atoms with Crippen LogP contribution in [-0.2, 0) is 9.53 Å². The van der Waals surface area contributed by atoms with E-state index >= 15 is 0 Å². The van der Waals surface area contributed by atoms with Gasteiger partial charge in [-0.2, -0.15) is 0 Å². The fourth-order valence-electron chi connectivity index (χ4n) is 3.50. The SMILES string of the molecule is Cl.O=C(CCC1CCCOC1)N(CC1CCCN1)C1CC1. The molecule has 0 radical (unpaired) electrons. The van der Waals surface area contributed by atoms with Gasteiger partial charge in [0.25, 0.3) is 0 Å². The maximum atomic E-state index is 12.5. The number of nitrogens with zero attached hydrogens (tertiary/aromatic N) is 1. The summed E-state index contributed by atoms with van der Waals surface area (Å²) in [5.74, 6) is 0.991. The van der Waals surface area contributed by atoms with E-state index in [1.807, 2.05) is 0 Å². The highest BCUT2D eigenvalue weighted by molar-refractivity contribution is 5.85. The number of ether oxygens (including phenoxy) is 1. The molecule has 1 saturated carbocycles. The van der Waals surface area contributed by atoms with E-state index in [2.05, 4.69) is 10.2 Å². The lowest BCUT2D eigenvalue weighted by Crippen LogP contribution is -2.42. The number of hydrogen-bond acceptors (Lipinski definition) is 3. The van der Waals surface area contributed by atoms with Crippen molar-refractivity contribution < 1.29 is 9.53 Å². The van der Waals surface area contributed by atoms with Gasteiger partial charge in [0.2, 0.25) is 5.91 Å². The van der Waals surface area contributed by atoms with Crippen LogP contribution in [0.15, 0.2) is 0 Å². The molecule has 122 valence electrons. The van der Waals surface area contributed by atoms with Crippen LogP contribution in [0.3, 0.4) is 0 Å². The quantitative estimate of drug-likeness (QED) is 0.818. The third kappa shape index (κ3) is 5.11. The monoisotopic (exact) mass is 316 g/mol. The van der Waals surface area contributed by atoms with E-state index in [1.54, 1.807) is 0 Å². The summed E-state index contributed by atoms with van der Waals surface area (Å²) < 4.78 is 5.51. The van der Waals surface area contributed by atoms with Crippen molar-refractivity contribution in [3.63, 3.8) is 0 Å². The molecule has 1 aliphatic carbocycles. The summed E-state index contributed by atoms with van der Waals surface area (Å²) in [6.45, 7) is 3.83. The van der Waals surface area contributed by atoms with Crippen LogP contribution < -0.4 is 5.32 Å². The predicted octanol–water partition coefficient (Wildman–Crippen LogP) is 2.36. The molecule has 2 heterocycles. The van der Waals surface area contributed by atoms with Crippen LogP contribution in [0, 0.1) is 5.92 Å². The minimum Gasteiger partial charge on any atom is -0.381 e. The van der Waals surface area contributed by atoms with Gasteiger partial charge >= 0.3 is 0 Å². The standard InChI is InChI=1S/C16H28N2O2.ClH/c19-16(8-5-13-3-2-10-20-12-13)18(15-6-7-15)11-14-4-1-9-17-14;/h13-15,17H,1-12H2;1H. The third-order valence-corrected chi connectivity index (χ3v) is 4.91. The Morgan fingerprint density at radius 2 is 2.05 bits per heavy atom. The Morgan fingerprint density at radius 1 is 1.19 bits per heavy atom. The first kappa shape index (κ1) is 17.0. The van der Waals surface area contributed by atoms with Crippen LogP contribution >= 0.6 is 12.4 Å². The molecule has 1 amide bonds. The molecule has 0 spiro atoms. The van der Waals surface area contributed by atoms with Gasteiger partial charge < -0.3 is 15.0 Å². The lowest BCUT2D eigenvalue weighted by Gasteiger charge is -2.27. The van der Waals surface area contributed by atoms with Crippen LogP contribution in [-0.4, -0.2) is 49.2 Å².